The maximum Gasteiger partial charge on any atom is 0.265 e. The van der Waals surface area contributed by atoms with Gasteiger partial charge in [0.25, 0.3) is 5.91 Å². The fraction of sp³-hybridized carbons (Fsp3) is 0.692. The Morgan fingerprint density at radius 2 is 2.43 bits per heavy atom. The molecule has 5 N–H and O–H groups in total. The quantitative estimate of drug-likeness (QED) is 0.702. The van der Waals surface area contributed by atoms with Crippen LogP contribution >= 0.6 is 11.3 Å². The molecule has 2 atom stereocenters. The number of nitrogens with zero attached hydrogens (tertiary/aromatic N) is 2. The lowest BCUT2D eigenvalue weighted by molar-refractivity contribution is 0.0876. The molecule has 2 rings (SSSR count). The minimum atomic E-state index is -0.202. The second kappa shape index (κ2) is 7.06. The highest BCUT2D eigenvalue weighted by Gasteiger charge is 2.25. The smallest absolute Gasteiger partial charge is 0.265 e. The number of hydrogen-bond donors (Lipinski definition) is 3. The van der Waals surface area contributed by atoms with Crippen LogP contribution in [0.15, 0.2) is 0 Å². The Hall–Kier alpha value is -1.38. The molecule has 7 nitrogen and oxygen atoms in total. The van der Waals surface area contributed by atoms with E-state index in [-0.39, 0.29) is 23.8 Å². The molecule has 1 saturated heterocycles. The van der Waals surface area contributed by atoms with Crippen molar-refractivity contribution in [1.82, 2.24) is 10.3 Å². The molecule has 1 aliphatic heterocycles. The first-order valence-corrected chi connectivity index (χ1v) is 7.98. The maximum atomic E-state index is 12.2. The van der Waals surface area contributed by atoms with Crippen molar-refractivity contribution in [2.45, 2.75) is 32.4 Å². The van der Waals surface area contributed by atoms with E-state index in [4.69, 9.17) is 16.2 Å². The minimum Gasteiger partial charge on any atom is -0.382 e. The van der Waals surface area contributed by atoms with Gasteiger partial charge in [-0.15, -0.1) is 0 Å². The zero-order chi connectivity index (χ0) is 15.4. The molecule has 1 aromatic heterocycles. The molecular formula is C13H23N5O2S. The molecule has 2 heterocycles. The van der Waals surface area contributed by atoms with Gasteiger partial charge in [-0.3, -0.25) is 4.79 Å². The van der Waals surface area contributed by atoms with Crippen molar-refractivity contribution in [3.8, 4) is 0 Å². The number of ether oxygens (including phenoxy) is 1. The average Bonchev–Trinajstić information content (AvgIpc) is 3.02. The Morgan fingerprint density at radius 3 is 3.05 bits per heavy atom. The number of carbonyl (C=O) groups is 1. The van der Waals surface area contributed by atoms with Gasteiger partial charge in [-0.2, -0.15) is 0 Å². The lowest BCUT2D eigenvalue weighted by Gasteiger charge is -2.13. The van der Waals surface area contributed by atoms with Gasteiger partial charge in [-0.1, -0.05) is 11.3 Å². The third-order valence-corrected chi connectivity index (χ3v) is 4.42. The number of anilines is 2. The number of nitrogens with one attached hydrogen (secondary N) is 1. The molecular weight excluding hydrogens is 290 g/mol. The number of carbonyl (C=O) groups excluding carboxylic acids is 1. The molecule has 2 unspecified atom stereocenters. The first-order valence-electron chi connectivity index (χ1n) is 7.16. The monoisotopic (exact) mass is 313 g/mol. The fourth-order valence-corrected chi connectivity index (χ4v) is 3.13. The van der Waals surface area contributed by atoms with Gasteiger partial charge in [0.15, 0.2) is 5.13 Å². The van der Waals surface area contributed by atoms with E-state index in [1.54, 1.807) is 0 Å². The molecule has 0 aromatic carbocycles. The predicted molar refractivity (Wildman–Crippen MR) is 84.8 cm³/mol. The zero-order valence-electron chi connectivity index (χ0n) is 12.5. The topological polar surface area (TPSA) is 106 Å². The summed E-state index contributed by atoms with van der Waals surface area (Å²) >= 11 is 1.31. The zero-order valence-corrected chi connectivity index (χ0v) is 13.3. The largest absolute Gasteiger partial charge is 0.382 e. The Bertz CT molecular complexity index is 493. The molecule has 118 valence electrons. The van der Waals surface area contributed by atoms with Gasteiger partial charge in [-0.05, 0) is 20.3 Å². The van der Waals surface area contributed by atoms with Gasteiger partial charge in [0.05, 0.1) is 6.61 Å². The number of hydrogen-bond acceptors (Lipinski definition) is 7. The molecule has 1 fully saturated rings. The summed E-state index contributed by atoms with van der Waals surface area (Å²) in [5.41, 5.74) is 11.8. The van der Waals surface area contributed by atoms with E-state index in [0.717, 1.165) is 24.6 Å². The summed E-state index contributed by atoms with van der Waals surface area (Å²) in [5.74, 6) is 0.0727. The first-order chi connectivity index (χ1) is 10.0. The molecule has 0 bridgehead atoms. The van der Waals surface area contributed by atoms with E-state index in [0.29, 0.717) is 18.1 Å². The molecule has 1 aliphatic rings. The van der Waals surface area contributed by atoms with E-state index in [2.05, 4.69) is 15.2 Å². The number of nitrogen functional groups attached to an aromatic ring is 1. The van der Waals surface area contributed by atoms with Crippen LogP contribution in [-0.4, -0.2) is 49.3 Å². The van der Waals surface area contributed by atoms with Crippen LogP contribution in [-0.2, 0) is 4.74 Å². The summed E-state index contributed by atoms with van der Waals surface area (Å²) in [5, 5.41) is 3.63. The maximum absolute atomic E-state index is 12.2. The molecule has 1 amide bonds. The van der Waals surface area contributed by atoms with E-state index in [1.165, 1.54) is 11.3 Å². The van der Waals surface area contributed by atoms with Crippen LogP contribution in [0.1, 0.15) is 29.9 Å². The predicted octanol–water partition coefficient (Wildman–Crippen LogP) is 0.418. The van der Waals surface area contributed by atoms with E-state index >= 15 is 0 Å². The van der Waals surface area contributed by atoms with Gasteiger partial charge in [0, 0.05) is 31.8 Å². The SMILES string of the molecule is CCOCC(C)NC(=O)c1sc(N2CCC(N)C2)nc1N. The van der Waals surface area contributed by atoms with Crippen molar-refractivity contribution in [1.29, 1.82) is 0 Å². The Morgan fingerprint density at radius 1 is 1.67 bits per heavy atom. The van der Waals surface area contributed by atoms with Gasteiger partial charge in [0.1, 0.15) is 10.7 Å². The normalized spacial score (nSPS) is 19.8. The molecule has 0 radical (unpaired) electrons. The van der Waals surface area contributed by atoms with Gasteiger partial charge < -0.3 is 26.4 Å². The van der Waals surface area contributed by atoms with Crippen molar-refractivity contribution in [3.05, 3.63) is 4.88 Å². The van der Waals surface area contributed by atoms with Crippen molar-refractivity contribution in [2.75, 3.05) is 36.9 Å². The van der Waals surface area contributed by atoms with Crippen LogP contribution in [0.4, 0.5) is 10.9 Å². The van der Waals surface area contributed by atoms with E-state index < -0.39 is 0 Å². The van der Waals surface area contributed by atoms with Gasteiger partial charge >= 0.3 is 0 Å². The summed E-state index contributed by atoms with van der Waals surface area (Å²) in [4.78, 5) is 19.0. The Labute approximate surface area is 128 Å². The van der Waals surface area contributed by atoms with Crippen molar-refractivity contribution < 1.29 is 9.53 Å². The average molecular weight is 313 g/mol. The van der Waals surface area contributed by atoms with Crippen LogP contribution in [0, 0.1) is 0 Å². The lowest BCUT2D eigenvalue weighted by atomic mass is 10.3. The second-order valence-electron chi connectivity index (χ2n) is 5.24. The molecule has 0 spiro atoms. The summed E-state index contributed by atoms with van der Waals surface area (Å²) in [7, 11) is 0. The number of aromatic nitrogens is 1. The van der Waals surface area contributed by atoms with Gasteiger partial charge in [-0.25, -0.2) is 4.98 Å². The van der Waals surface area contributed by atoms with Crippen LogP contribution in [0.25, 0.3) is 0 Å². The third kappa shape index (κ3) is 4.05. The molecule has 0 saturated carbocycles. The highest BCUT2D eigenvalue weighted by Crippen LogP contribution is 2.30. The third-order valence-electron chi connectivity index (χ3n) is 3.29. The molecule has 0 aliphatic carbocycles. The van der Waals surface area contributed by atoms with E-state index in [1.807, 2.05) is 13.8 Å². The van der Waals surface area contributed by atoms with Crippen LogP contribution in [0.3, 0.4) is 0 Å². The summed E-state index contributed by atoms with van der Waals surface area (Å²) in [6.07, 6.45) is 0.937. The molecule has 1 aromatic rings. The number of thiazole rings is 1. The number of rotatable bonds is 6. The Kier molecular flexibility index (Phi) is 5.38. The summed E-state index contributed by atoms with van der Waals surface area (Å²) < 4.78 is 5.28. The minimum absolute atomic E-state index is 0.0670. The van der Waals surface area contributed by atoms with Crippen LogP contribution in [0.2, 0.25) is 0 Å². The number of amides is 1. The van der Waals surface area contributed by atoms with Gasteiger partial charge in [0.2, 0.25) is 0 Å². The van der Waals surface area contributed by atoms with Crippen LogP contribution in [0.5, 0.6) is 0 Å². The highest BCUT2D eigenvalue weighted by atomic mass is 32.1. The van der Waals surface area contributed by atoms with Crippen LogP contribution < -0.4 is 21.7 Å². The fourth-order valence-electron chi connectivity index (χ4n) is 2.20. The summed E-state index contributed by atoms with van der Waals surface area (Å²) in [6, 6.07) is 0.0984. The Balaban J connectivity index is 1.99. The lowest BCUT2D eigenvalue weighted by Crippen LogP contribution is -2.35. The van der Waals surface area contributed by atoms with Crippen molar-refractivity contribution in [2.24, 2.45) is 5.73 Å². The highest BCUT2D eigenvalue weighted by molar-refractivity contribution is 7.18. The first kappa shape index (κ1) is 16.0. The van der Waals surface area contributed by atoms with E-state index in [9.17, 15) is 4.79 Å². The standard InChI is InChI=1S/C13H23N5O2S/c1-3-20-7-8(2)16-12(19)10-11(15)17-13(21-10)18-5-4-9(14)6-18/h8-9H,3-7,14-15H2,1-2H3,(H,16,19). The number of nitrogens with two attached hydrogens (primary N) is 2. The van der Waals surface area contributed by atoms with Crippen molar-refractivity contribution in [3.63, 3.8) is 0 Å². The summed E-state index contributed by atoms with van der Waals surface area (Å²) in [6.45, 7) is 6.54. The van der Waals surface area contributed by atoms with Crippen molar-refractivity contribution >= 4 is 28.2 Å². The molecule has 8 heteroatoms. The second-order valence-corrected chi connectivity index (χ2v) is 6.22. The molecule has 21 heavy (non-hydrogen) atoms.